The molecule has 0 aromatic heterocycles. The van der Waals surface area contributed by atoms with Crippen LogP contribution in [0, 0.1) is 0 Å². The molecule has 5 nitrogen and oxygen atoms in total. The molecular formula is C5H12BO5. The smallest absolute Gasteiger partial charge is 0.390 e. The second-order valence-electron chi connectivity index (χ2n) is 1.49. The summed E-state index contributed by atoms with van der Waals surface area (Å²) >= 11 is 0. The minimum atomic E-state index is -0.362. The van der Waals surface area contributed by atoms with Crippen molar-refractivity contribution in [1.82, 2.24) is 0 Å². The van der Waals surface area contributed by atoms with Gasteiger partial charge < -0.3 is 23.9 Å². The molecule has 0 unspecified atom stereocenters. The van der Waals surface area contributed by atoms with E-state index in [1.54, 1.807) is 0 Å². The van der Waals surface area contributed by atoms with Gasteiger partial charge >= 0.3 is 7.69 Å². The molecule has 0 fully saturated rings. The van der Waals surface area contributed by atoms with Crippen LogP contribution in [0.2, 0.25) is 0 Å². The summed E-state index contributed by atoms with van der Waals surface area (Å²) in [5.41, 5.74) is 0. The molecule has 0 aliphatic rings. The van der Waals surface area contributed by atoms with Crippen LogP contribution < -0.4 is 0 Å². The van der Waals surface area contributed by atoms with Gasteiger partial charge in [0.2, 0.25) is 0 Å². The summed E-state index contributed by atoms with van der Waals surface area (Å²) in [7, 11) is 1.10. The summed E-state index contributed by atoms with van der Waals surface area (Å²) in [4.78, 5) is 0. The molecule has 0 saturated heterocycles. The van der Waals surface area contributed by atoms with Crippen LogP contribution >= 0.6 is 0 Å². The Morgan fingerprint density at radius 2 is 1.82 bits per heavy atom. The van der Waals surface area contributed by atoms with Crippen LogP contribution in [0.4, 0.5) is 0 Å². The van der Waals surface area contributed by atoms with Crippen molar-refractivity contribution in [1.29, 1.82) is 0 Å². The Morgan fingerprint density at radius 1 is 1.18 bits per heavy atom. The molecule has 0 aliphatic heterocycles. The monoisotopic (exact) mass is 163 g/mol. The Morgan fingerprint density at radius 3 is 2.36 bits per heavy atom. The van der Waals surface area contributed by atoms with Gasteiger partial charge in [-0.05, 0) is 6.92 Å². The van der Waals surface area contributed by atoms with Crippen molar-refractivity contribution < 1.29 is 23.9 Å². The second kappa shape index (κ2) is 9.86. The van der Waals surface area contributed by atoms with Crippen LogP contribution in [0.5, 0.6) is 0 Å². The highest BCUT2D eigenvalue weighted by atomic mass is 16.7. The van der Waals surface area contributed by atoms with E-state index >= 15 is 0 Å². The number of aliphatic hydroxyl groups is 1. The predicted molar refractivity (Wildman–Crippen MR) is 37.5 cm³/mol. The fraction of sp³-hybridized carbons (Fsp3) is 1.00. The molecule has 0 aliphatic carbocycles. The first-order valence-corrected chi connectivity index (χ1v) is 3.23. The average molecular weight is 163 g/mol. The lowest BCUT2D eigenvalue weighted by Crippen LogP contribution is -2.10. The number of rotatable bonds is 8. The van der Waals surface area contributed by atoms with Crippen molar-refractivity contribution in [3.8, 4) is 0 Å². The molecule has 0 bridgehead atoms. The maximum absolute atomic E-state index is 8.13. The summed E-state index contributed by atoms with van der Waals surface area (Å²) in [6.45, 7) is 2.23. The van der Waals surface area contributed by atoms with Crippen molar-refractivity contribution in [3.05, 3.63) is 0 Å². The maximum Gasteiger partial charge on any atom is 0.491 e. The lowest BCUT2D eigenvalue weighted by Gasteiger charge is -2.02. The van der Waals surface area contributed by atoms with Gasteiger partial charge in [-0.3, -0.25) is 0 Å². The van der Waals surface area contributed by atoms with Gasteiger partial charge in [-0.1, -0.05) is 0 Å². The number of hydrogen-bond donors (Lipinski definition) is 1. The quantitative estimate of drug-likeness (QED) is 0.296. The molecule has 0 aromatic rings. The third-order valence-electron chi connectivity index (χ3n) is 0.734. The van der Waals surface area contributed by atoms with Crippen molar-refractivity contribution >= 4 is 7.69 Å². The molecular weight excluding hydrogens is 151 g/mol. The number of aliphatic hydroxyl groups excluding tert-OH is 1. The maximum atomic E-state index is 8.13. The zero-order valence-electron chi connectivity index (χ0n) is 6.49. The van der Waals surface area contributed by atoms with E-state index < -0.39 is 0 Å². The first-order chi connectivity index (χ1) is 5.41. The normalized spacial score (nSPS) is 10.0. The fourth-order valence-corrected chi connectivity index (χ4v) is 0.320. The van der Waals surface area contributed by atoms with Gasteiger partial charge in [-0.25, -0.2) is 0 Å². The molecule has 6 heteroatoms. The van der Waals surface area contributed by atoms with Crippen LogP contribution in [0.1, 0.15) is 6.92 Å². The summed E-state index contributed by atoms with van der Waals surface area (Å²) in [5, 5.41) is 8.13. The first-order valence-electron chi connectivity index (χ1n) is 3.23. The minimum absolute atomic E-state index is 0.0252. The van der Waals surface area contributed by atoms with E-state index in [9.17, 15) is 0 Å². The van der Waals surface area contributed by atoms with Gasteiger partial charge in [0.15, 0.2) is 0 Å². The Balaban J connectivity index is 2.69. The highest BCUT2D eigenvalue weighted by Gasteiger charge is 1.92. The molecule has 0 rings (SSSR count). The minimum Gasteiger partial charge on any atom is -0.390 e. The number of ether oxygens (including phenoxy) is 2. The highest BCUT2D eigenvalue weighted by Crippen LogP contribution is 1.78. The summed E-state index contributed by atoms with van der Waals surface area (Å²) < 4.78 is 18.5. The topological polar surface area (TPSA) is 57.2 Å². The van der Waals surface area contributed by atoms with Crippen molar-refractivity contribution in [2.75, 3.05) is 27.0 Å². The molecule has 1 N–H and O–H groups in total. The molecule has 0 saturated carbocycles. The third kappa shape index (κ3) is 9.86. The van der Waals surface area contributed by atoms with E-state index in [-0.39, 0.29) is 20.4 Å². The Bertz CT molecular complexity index is 63.9. The van der Waals surface area contributed by atoms with E-state index in [0.29, 0.717) is 6.61 Å². The van der Waals surface area contributed by atoms with Crippen molar-refractivity contribution in [3.63, 3.8) is 0 Å². The summed E-state index contributed by atoms with van der Waals surface area (Å²) in [5.74, 6) is 0. The van der Waals surface area contributed by atoms with Gasteiger partial charge in [0.05, 0.1) is 0 Å². The Kier molecular flexibility index (Phi) is 9.74. The molecule has 0 amide bonds. The lowest BCUT2D eigenvalue weighted by atomic mass is 10.4. The van der Waals surface area contributed by atoms with E-state index in [1.165, 1.54) is 0 Å². The van der Waals surface area contributed by atoms with Crippen LogP contribution in [-0.2, 0) is 18.8 Å². The van der Waals surface area contributed by atoms with Crippen LogP contribution in [0.15, 0.2) is 0 Å². The predicted octanol–water partition coefficient (Wildman–Crippen LogP) is -0.528. The van der Waals surface area contributed by atoms with E-state index in [0.717, 1.165) is 7.69 Å². The lowest BCUT2D eigenvalue weighted by molar-refractivity contribution is -0.0762. The molecule has 0 spiro atoms. The van der Waals surface area contributed by atoms with Gasteiger partial charge in [0.1, 0.15) is 20.4 Å². The van der Waals surface area contributed by atoms with Gasteiger partial charge in [0.25, 0.3) is 0 Å². The van der Waals surface area contributed by atoms with Gasteiger partial charge in [0, 0.05) is 6.61 Å². The molecule has 11 heavy (non-hydrogen) atoms. The average Bonchev–Trinajstić information content (AvgIpc) is 2.03. The first kappa shape index (κ1) is 10.9. The zero-order valence-corrected chi connectivity index (χ0v) is 6.49. The summed E-state index contributed by atoms with van der Waals surface area (Å²) in [6, 6.07) is 0. The standard InChI is InChI=1S/C5H12BO5/c1-2-8-4-10-6-11-5-9-3-7/h7H,2-5H2,1H3. The fourth-order valence-electron chi connectivity index (χ4n) is 0.320. The molecule has 0 atom stereocenters. The SMILES string of the molecule is CCOCO[B]OCOCO. The van der Waals surface area contributed by atoms with E-state index in [2.05, 4.69) is 14.0 Å². The van der Waals surface area contributed by atoms with Crippen LogP contribution in [0.25, 0.3) is 0 Å². The second-order valence-corrected chi connectivity index (χ2v) is 1.49. The molecule has 1 radical (unpaired) electrons. The van der Waals surface area contributed by atoms with Crippen LogP contribution in [-0.4, -0.2) is 39.8 Å². The Labute approximate surface area is 66.5 Å². The van der Waals surface area contributed by atoms with E-state index in [1.807, 2.05) is 6.92 Å². The van der Waals surface area contributed by atoms with E-state index in [4.69, 9.17) is 9.84 Å². The molecule has 0 heterocycles. The highest BCUT2D eigenvalue weighted by molar-refractivity contribution is 6.17. The Hall–Kier alpha value is -0.135. The van der Waals surface area contributed by atoms with Crippen LogP contribution in [0.3, 0.4) is 0 Å². The number of hydrogen-bond acceptors (Lipinski definition) is 5. The van der Waals surface area contributed by atoms with Crippen molar-refractivity contribution in [2.24, 2.45) is 0 Å². The largest absolute Gasteiger partial charge is 0.491 e. The third-order valence-corrected chi connectivity index (χ3v) is 0.734. The van der Waals surface area contributed by atoms with Gasteiger partial charge in [-0.2, -0.15) is 0 Å². The zero-order chi connectivity index (χ0) is 8.36. The summed E-state index contributed by atoms with van der Waals surface area (Å²) in [6.07, 6.45) is 0. The molecule has 65 valence electrons. The van der Waals surface area contributed by atoms with Crippen molar-refractivity contribution in [2.45, 2.75) is 6.92 Å². The molecule has 0 aromatic carbocycles. The van der Waals surface area contributed by atoms with Gasteiger partial charge in [-0.15, -0.1) is 0 Å².